The third-order valence-electron chi connectivity index (χ3n) is 4.13. The van der Waals surface area contributed by atoms with Crippen LogP contribution < -0.4 is 4.74 Å². The van der Waals surface area contributed by atoms with Crippen molar-refractivity contribution in [3.63, 3.8) is 0 Å². The Kier molecular flexibility index (Phi) is 5.00. The first-order valence-corrected chi connectivity index (χ1v) is 8.56. The number of nitrogens with zero attached hydrogens (tertiary/aromatic N) is 2. The van der Waals surface area contributed by atoms with Gasteiger partial charge in [0.2, 0.25) is 0 Å². The van der Waals surface area contributed by atoms with Crippen LogP contribution in [0, 0.1) is 0 Å². The fraction of sp³-hybridized carbons (Fsp3) is 0.222. The van der Waals surface area contributed by atoms with E-state index in [4.69, 9.17) is 4.74 Å². The number of ether oxygens (including phenoxy) is 1. The van der Waals surface area contributed by atoms with Crippen molar-refractivity contribution in [2.24, 2.45) is 5.10 Å². The quantitative estimate of drug-likeness (QED) is 0.782. The second-order valence-corrected chi connectivity index (χ2v) is 6.81. The average molecular weight is 443 g/mol. The summed E-state index contributed by atoms with van der Waals surface area (Å²) in [6, 6.07) is 12.0. The van der Waals surface area contributed by atoms with E-state index in [1.807, 2.05) is 0 Å². The maximum atomic E-state index is 13.6. The minimum atomic E-state index is -5.10. The van der Waals surface area contributed by atoms with Crippen molar-refractivity contribution >= 4 is 27.5 Å². The highest BCUT2D eigenvalue weighted by Crippen LogP contribution is 2.42. The molecule has 27 heavy (non-hydrogen) atoms. The fourth-order valence-electron chi connectivity index (χ4n) is 2.66. The molecule has 1 aliphatic heterocycles. The normalized spacial score (nSPS) is 19.8. The Bertz CT molecular complexity index is 899. The largest absolute Gasteiger partial charge is 0.497 e. The number of halogens is 4. The topological polar surface area (TPSA) is 62.1 Å². The number of carbonyl (C=O) groups is 1. The highest BCUT2D eigenvalue weighted by atomic mass is 79.9. The lowest BCUT2D eigenvalue weighted by Crippen LogP contribution is -2.56. The Balaban J connectivity index is 2.04. The first-order chi connectivity index (χ1) is 12.7. The Labute approximate surface area is 161 Å². The van der Waals surface area contributed by atoms with E-state index in [2.05, 4.69) is 21.0 Å². The number of methoxy groups -OCH3 is 1. The summed E-state index contributed by atoms with van der Waals surface area (Å²) in [6.45, 7) is 0. The summed E-state index contributed by atoms with van der Waals surface area (Å²) in [5.74, 6) is -0.636. The molecule has 9 heteroatoms. The summed E-state index contributed by atoms with van der Waals surface area (Å²) in [5.41, 5.74) is -3.21. The van der Waals surface area contributed by atoms with Crippen molar-refractivity contribution in [3.8, 4) is 5.75 Å². The van der Waals surface area contributed by atoms with E-state index >= 15 is 0 Å². The van der Waals surface area contributed by atoms with Crippen LogP contribution in [0.3, 0.4) is 0 Å². The zero-order valence-corrected chi connectivity index (χ0v) is 15.6. The second kappa shape index (κ2) is 6.97. The predicted molar refractivity (Wildman–Crippen MR) is 95.5 cm³/mol. The van der Waals surface area contributed by atoms with Gasteiger partial charge in [0.25, 0.3) is 11.6 Å². The number of carbonyl (C=O) groups excluding carboxylic acids is 1. The molecule has 2 aromatic carbocycles. The number of hydrogen-bond donors (Lipinski definition) is 1. The van der Waals surface area contributed by atoms with Crippen LogP contribution in [0.15, 0.2) is 58.1 Å². The van der Waals surface area contributed by atoms with Crippen LogP contribution in [-0.4, -0.2) is 40.7 Å². The van der Waals surface area contributed by atoms with Crippen LogP contribution in [0.1, 0.15) is 22.3 Å². The molecule has 1 heterocycles. The van der Waals surface area contributed by atoms with E-state index in [0.717, 1.165) is 0 Å². The minimum Gasteiger partial charge on any atom is -0.497 e. The molecule has 0 spiro atoms. The summed E-state index contributed by atoms with van der Waals surface area (Å²) in [6.07, 6.45) is -5.98. The van der Waals surface area contributed by atoms with Gasteiger partial charge in [-0.2, -0.15) is 23.3 Å². The molecule has 142 valence electrons. The lowest BCUT2D eigenvalue weighted by molar-refractivity contribution is -0.297. The van der Waals surface area contributed by atoms with E-state index in [1.54, 1.807) is 12.1 Å². The Morgan fingerprint density at radius 3 is 2.52 bits per heavy atom. The van der Waals surface area contributed by atoms with Crippen molar-refractivity contribution in [3.05, 3.63) is 64.1 Å². The number of benzene rings is 2. The molecular formula is C18H14BrF3N2O3. The van der Waals surface area contributed by atoms with Crippen molar-refractivity contribution < 1.29 is 27.8 Å². The second-order valence-electron chi connectivity index (χ2n) is 5.89. The molecule has 2 aromatic rings. The van der Waals surface area contributed by atoms with Crippen molar-refractivity contribution in [2.75, 3.05) is 7.11 Å². The van der Waals surface area contributed by atoms with E-state index in [9.17, 15) is 23.1 Å². The van der Waals surface area contributed by atoms with Gasteiger partial charge >= 0.3 is 6.18 Å². The number of hydrazone groups is 1. The smallest absolute Gasteiger partial charge is 0.438 e. The Hall–Kier alpha value is -2.39. The van der Waals surface area contributed by atoms with Crippen LogP contribution in [-0.2, 0) is 0 Å². The summed E-state index contributed by atoms with van der Waals surface area (Å²) in [4.78, 5) is 12.6. The van der Waals surface area contributed by atoms with E-state index in [1.165, 1.54) is 43.5 Å². The monoisotopic (exact) mass is 442 g/mol. The lowest BCUT2D eigenvalue weighted by Gasteiger charge is -2.32. The summed E-state index contributed by atoms with van der Waals surface area (Å²) < 4.78 is 46.6. The molecule has 5 nitrogen and oxygen atoms in total. The molecule has 0 saturated heterocycles. The van der Waals surface area contributed by atoms with Gasteiger partial charge in [0, 0.05) is 15.6 Å². The van der Waals surface area contributed by atoms with E-state index in [0.29, 0.717) is 15.8 Å². The zero-order valence-electron chi connectivity index (χ0n) is 14.0. The Morgan fingerprint density at radius 1 is 1.26 bits per heavy atom. The molecule has 3 rings (SSSR count). The van der Waals surface area contributed by atoms with Crippen LogP contribution in [0.5, 0.6) is 5.75 Å². The first-order valence-electron chi connectivity index (χ1n) is 7.77. The average Bonchev–Trinajstić information content (AvgIpc) is 3.01. The van der Waals surface area contributed by atoms with Gasteiger partial charge in [-0.3, -0.25) is 4.79 Å². The molecule has 1 unspecified atom stereocenters. The summed E-state index contributed by atoms with van der Waals surface area (Å²) in [5, 5.41) is 14.3. The standard InChI is InChI=1S/C18H14BrF3N2O3/c1-27-14-4-2-3-12(9-14)15-10-17(26,18(20,21)22)24(23-15)16(25)11-5-7-13(19)8-6-11/h2-9,26H,10H2,1H3. The summed E-state index contributed by atoms with van der Waals surface area (Å²) >= 11 is 3.19. The maximum absolute atomic E-state index is 13.6. The third kappa shape index (κ3) is 3.57. The molecule has 0 aliphatic carbocycles. The molecule has 0 bridgehead atoms. The molecule has 1 aliphatic rings. The fourth-order valence-corrected chi connectivity index (χ4v) is 2.92. The molecule has 1 N–H and O–H groups in total. The first kappa shape index (κ1) is 19.4. The predicted octanol–water partition coefficient (Wildman–Crippen LogP) is 3.96. The molecule has 1 amide bonds. The number of amides is 1. The van der Waals surface area contributed by atoms with Crippen LogP contribution in [0.2, 0.25) is 0 Å². The van der Waals surface area contributed by atoms with Crippen molar-refractivity contribution in [1.82, 2.24) is 5.01 Å². The van der Waals surface area contributed by atoms with Gasteiger partial charge in [-0.25, -0.2) is 0 Å². The van der Waals surface area contributed by atoms with Gasteiger partial charge in [-0.1, -0.05) is 28.1 Å². The van der Waals surface area contributed by atoms with Gasteiger partial charge in [0.15, 0.2) is 0 Å². The van der Waals surface area contributed by atoms with Crippen molar-refractivity contribution in [2.45, 2.75) is 18.3 Å². The molecular weight excluding hydrogens is 429 g/mol. The van der Waals surface area contributed by atoms with Crippen LogP contribution in [0.25, 0.3) is 0 Å². The number of aliphatic hydroxyl groups is 1. The van der Waals surface area contributed by atoms with E-state index in [-0.39, 0.29) is 16.3 Å². The van der Waals surface area contributed by atoms with Crippen LogP contribution in [0.4, 0.5) is 13.2 Å². The maximum Gasteiger partial charge on any atom is 0.438 e. The molecule has 0 fully saturated rings. The Morgan fingerprint density at radius 2 is 1.93 bits per heavy atom. The number of alkyl halides is 3. The number of hydrogen-bond acceptors (Lipinski definition) is 4. The minimum absolute atomic E-state index is 0.0310. The zero-order chi connectivity index (χ0) is 19.8. The van der Waals surface area contributed by atoms with Crippen LogP contribution >= 0.6 is 15.9 Å². The van der Waals surface area contributed by atoms with Gasteiger partial charge in [-0.15, -0.1) is 0 Å². The van der Waals surface area contributed by atoms with Gasteiger partial charge in [-0.05, 0) is 36.4 Å². The molecule has 0 radical (unpaired) electrons. The molecule has 0 aromatic heterocycles. The highest BCUT2D eigenvalue weighted by molar-refractivity contribution is 9.10. The van der Waals surface area contributed by atoms with Gasteiger partial charge in [0.1, 0.15) is 5.75 Å². The van der Waals surface area contributed by atoms with Gasteiger partial charge < -0.3 is 9.84 Å². The number of rotatable bonds is 3. The summed E-state index contributed by atoms with van der Waals surface area (Å²) in [7, 11) is 1.42. The van der Waals surface area contributed by atoms with Crippen molar-refractivity contribution in [1.29, 1.82) is 0 Å². The highest BCUT2D eigenvalue weighted by Gasteiger charge is 2.63. The lowest BCUT2D eigenvalue weighted by atomic mass is 10.0. The third-order valence-corrected chi connectivity index (χ3v) is 4.65. The van der Waals surface area contributed by atoms with E-state index < -0.39 is 24.2 Å². The van der Waals surface area contributed by atoms with Gasteiger partial charge in [0.05, 0.1) is 19.2 Å². The molecule has 0 saturated carbocycles. The molecule has 1 atom stereocenters. The SMILES string of the molecule is COc1cccc(C2=NN(C(=O)c3ccc(Br)cc3)C(O)(C(F)(F)F)C2)c1.